The Morgan fingerprint density at radius 1 is 1.22 bits per heavy atom. The Labute approximate surface area is 102 Å². The maximum absolute atomic E-state index is 10.8. The number of rotatable bonds is 2. The molecule has 0 aliphatic rings. The van der Waals surface area contributed by atoms with Gasteiger partial charge < -0.3 is 9.63 Å². The smallest absolute Gasteiger partial charge is 0.374 e. The summed E-state index contributed by atoms with van der Waals surface area (Å²) < 4.78 is 4.75. The monoisotopic (exact) mass is 240 g/mol. The van der Waals surface area contributed by atoms with Gasteiger partial charge in [-0.2, -0.15) is 0 Å². The Bertz CT molecular complexity index is 728. The second kappa shape index (κ2) is 3.96. The molecule has 0 spiro atoms. The van der Waals surface area contributed by atoms with Crippen molar-refractivity contribution >= 4 is 16.9 Å². The first-order chi connectivity index (χ1) is 8.75. The van der Waals surface area contributed by atoms with E-state index < -0.39 is 5.97 Å². The van der Waals surface area contributed by atoms with Crippen LogP contribution in [0, 0.1) is 0 Å². The molecule has 0 fully saturated rings. The number of aromatic carboxylic acids is 1. The summed E-state index contributed by atoms with van der Waals surface area (Å²) >= 11 is 0. The Hall–Kier alpha value is -2.69. The maximum Gasteiger partial charge on any atom is 0.374 e. The molecule has 0 atom stereocenters. The van der Waals surface area contributed by atoms with E-state index in [1.54, 1.807) is 6.20 Å². The molecule has 0 unspecified atom stereocenters. The molecule has 3 rings (SSSR count). The van der Waals surface area contributed by atoms with Gasteiger partial charge in [0.1, 0.15) is 5.69 Å². The van der Waals surface area contributed by atoms with Crippen LogP contribution in [0.15, 0.2) is 47.1 Å². The lowest BCUT2D eigenvalue weighted by Gasteiger charge is -2.01. The topological polar surface area (TPSA) is 76.2 Å². The molecule has 88 valence electrons. The third-order valence-electron chi connectivity index (χ3n) is 2.63. The molecule has 18 heavy (non-hydrogen) atoms. The summed E-state index contributed by atoms with van der Waals surface area (Å²) in [5, 5.41) is 13.5. The summed E-state index contributed by atoms with van der Waals surface area (Å²) in [6.07, 6.45) is 1.68. The fourth-order valence-corrected chi connectivity index (χ4v) is 1.81. The van der Waals surface area contributed by atoms with Crippen LogP contribution < -0.4 is 0 Å². The molecule has 2 aromatic heterocycles. The van der Waals surface area contributed by atoms with E-state index in [1.807, 2.05) is 30.3 Å². The molecule has 0 saturated heterocycles. The van der Waals surface area contributed by atoms with Gasteiger partial charge in [-0.1, -0.05) is 29.4 Å². The van der Waals surface area contributed by atoms with Crippen molar-refractivity contribution in [3.8, 4) is 11.3 Å². The highest BCUT2D eigenvalue weighted by Gasteiger charge is 2.14. The molecule has 5 nitrogen and oxygen atoms in total. The second-order valence-corrected chi connectivity index (χ2v) is 3.76. The number of carboxylic acids is 1. The fourth-order valence-electron chi connectivity index (χ4n) is 1.81. The molecule has 2 heterocycles. The molecule has 0 aliphatic carbocycles. The third kappa shape index (κ3) is 1.62. The lowest BCUT2D eigenvalue weighted by Crippen LogP contribution is -1.91. The van der Waals surface area contributed by atoms with Crippen LogP contribution in [0.1, 0.15) is 10.6 Å². The molecule has 1 aromatic carbocycles. The van der Waals surface area contributed by atoms with E-state index in [4.69, 9.17) is 9.63 Å². The first-order valence-corrected chi connectivity index (χ1v) is 5.30. The van der Waals surface area contributed by atoms with Crippen LogP contribution in [0.25, 0.3) is 22.2 Å². The van der Waals surface area contributed by atoms with Gasteiger partial charge in [0.2, 0.25) is 5.76 Å². The predicted molar refractivity (Wildman–Crippen MR) is 64.2 cm³/mol. The van der Waals surface area contributed by atoms with Gasteiger partial charge in [-0.25, -0.2) is 4.79 Å². The number of para-hydroxylation sites is 1. The zero-order chi connectivity index (χ0) is 12.5. The summed E-state index contributed by atoms with van der Waals surface area (Å²) in [7, 11) is 0. The molecule has 0 radical (unpaired) electrons. The largest absolute Gasteiger partial charge is 0.475 e. The quantitative estimate of drug-likeness (QED) is 0.745. The van der Waals surface area contributed by atoms with Crippen LogP contribution in [0.4, 0.5) is 0 Å². The highest BCUT2D eigenvalue weighted by Crippen LogP contribution is 2.26. The minimum atomic E-state index is -1.14. The normalized spacial score (nSPS) is 10.7. The van der Waals surface area contributed by atoms with Crippen LogP contribution in [-0.2, 0) is 0 Å². The van der Waals surface area contributed by atoms with E-state index in [9.17, 15) is 4.79 Å². The standard InChI is InChI=1S/C13H8N2O3/c16-13(17)11-7-10(15-18-11)9-5-1-3-8-4-2-6-14-12(8)9/h1-7H,(H,16,17). The zero-order valence-corrected chi connectivity index (χ0v) is 9.20. The number of fused-ring (bicyclic) bond motifs is 1. The van der Waals surface area contributed by atoms with Crippen LogP contribution >= 0.6 is 0 Å². The lowest BCUT2D eigenvalue weighted by atomic mass is 10.1. The van der Waals surface area contributed by atoms with Gasteiger partial charge >= 0.3 is 5.97 Å². The average Bonchev–Trinajstić information content (AvgIpc) is 2.87. The van der Waals surface area contributed by atoms with Crippen molar-refractivity contribution in [1.82, 2.24) is 10.1 Å². The van der Waals surface area contributed by atoms with Gasteiger partial charge in [0.25, 0.3) is 0 Å². The number of carbonyl (C=O) groups is 1. The molecule has 0 amide bonds. The summed E-state index contributed by atoms with van der Waals surface area (Å²) in [6.45, 7) is 0. The van der Waals surface area contributed by atoms with Crippen molar-refractivity contribution in [2.75, 3.05) is 0 Å². The Morgan fingerprint density at radius 2 is 2.06 bits per heavy atom. The molecule has 5 heteroatoms. The number of benzene rings is 1. The summed E-state index contributed by atoms with van der Waals surface area (Å²) in [5.74, 6) is -1.32. The van der Waals surface area contributed by atoms with Crippen LogP contribution in [-0.4, -0.2) is 21.2 Å². The van der Waals surface area contributed by atoms with Gasteiger partial charge in [0.05, 0.1) is 5.52 Å². The van der Waals surface area contributed by atoms with Gasteiger partial charge in [-0.15, -0.1) is 0 Å². The number of nitrogens with zero attached hydrogens (tertiary/aromatic N) is 2. The van der Waals surface area contributed by atoms with Gasteiger partial charge in [-0.05, 0) is 6.07 Å². The van der Waals surface area contributed by atoms with Crippen LogP contribution in [0.2, 0.25) is 0 Å². The molecule has 1 N–H and O–H groups in total. The number of carboxylic acid groups (broad SMARTS) is 1. The van der Waals surface area contributed by atoms with Gasteiger partial charge in [-0.3, -0.25) is 4.98 Å². The zero-order valence-electron chi connectivity index (χ0n) is 9.20. The highest BCUT2D eigenvalue weighted by molar-refractivity contribution is 5.93. The highest BCUT2D eigenvalue weighted by atomic mass is 16.5. The fraction of sp³-hybridized carbons (Fsp3) is 0. The number of hydrogen-bond acceptors (Lipinski definition) is 4. The molecule has 0 bridgehead atoms. The number of pyridine rings is 1. The van der Waals surface area contributed by atoms with Crippen molar-refractivity contribution in [2.45, 2.75) is 0 Å². The Morgan fingerprint density at radius 3 is 2.83 bits per heavy atom. The van der Waals surface area contributed by atoms with Crippen molar-refractivity contribution in [1.29, 1.82) is 0 Å². The van der Waals surface area contributed by atoms with E-state index in [1.165, 1.54) is 6.07 Å². The van der Waals surface area contributed by atoms with E-state index >= 15 is 0 Å². The Kier molecular flexibility index (Phi) is 2.30. The van der Waals surface area contributed by atoms with E-state index in [-0.39, 0.29) is 5.76 Å². The summed E-state index contributed by atoms with van der Waals surface area (Å²) in [5.41, 5.74) is 1.99. The minimum absolute atomic E-state index is 0.182. The molecule has 0 aliphatic heterocycles. The molecular weight excluding hydrogens is 232 g/mol. The first kappa shape index (κ1) is 10.5. The van der Waals surface area contributed by atoms with Gasteiger partial charge in [0.15, 0.2) is 0 Å². The number of hydrogen-bond donors (Lipinski definition) is 1. The van der Waals surface area contributed by atoms with Crippen molar-refractivity contribution in [3.63, 3.8) is 0 Å². The molecule has 0 saturated carbocycles. The summed E-state index contributed by atoms with van der Waals surface area (Å²) in [6, 6.07) is 10.8. The number of aromatic nitrogens is 2. The van der Waals surface area contributed by atoms with Crippen molar-refractivity contribution in [2.24, 2.45) is 0 Å². The van der Waals surface area contributed by atoms with E-state index in [0.29, 0.717) is 5.69 Å². The maximum atomic E-state index is 10.8. The summed E-state index contributed by atoms with van der Waals surface area (Å²) in [4.78, 5) is 15.0. The van der Waals surface area contributed by atoms with E-state index in [2.05, 4.69) is 10.1 Å². The minimum Gasteiger partial charge on any atom is -0.475 e. The Balaban J connectivity index is 2.21. The SMILES string of the molecule is O=C(O)c1cc(-c2cccc3cccnc23)no1. The lowest BCUT2D eigenvalue weighted by molar-refractivity contribution is 0.0652. The predicted octanol–water partition coefficient (Wildman–Crippen LogP) is 2.59. The van der Waals surface area contributed by atoms with Crippen LogP contribution in [0.5, 0.6) is 0 Å². The van der Waals surface area contributed by atoms with Crippen molar-refractivity contribution < 1.29 is 14.4 Å². The second-order valence-electron chi connectivity index (χ2n) is 3.76. The van der Waals surface area contributed by atoms with Crippen molar-refractivity contribution in [3.05, 3.63) is 48.4 Å². The average molecular weight is 240 g/mol. The van der Waals surface area contributed by atoms with Crippen LogP contribution in [0.3, 0.4) is 0 Å². The molecular formula is C13H8N2O3. The van der Waals surface area contributed by atoms with E-state index in [0.717, 1.165) is 16.5 Å². The first-order valence-electron chi connectivity index (χ1n) is 5.30. The third-order valence-corrected chi connectivity index (χ3v) is 2.63. The molecule has 3 aromatic rings. The van der Waals surface area contributed by atoms with Gasteiger partial charge in [0, 0.05) is 23.2 Å².